The Morgan fingerprint density at radius 2 is 1.67 bits per heavy atom. The number of hydrogen-bond donors (Lipinski definition) is 1. The van der Waals surface area contributed by atoms with E-state index in [4.69, 9.17) is 32.5 Å². The average Bonchev–Trinajstić information content (AvgIpc) is 3.65. The van der Waals surface area contributed by atoms with Crippen LogP contribution >= 0.6 is 0 Å². The molecule has 7 rings (SSSR count). The molecule has 0 unspecified atom stereocenters. The molecule has 2 aromatic carbocycles. The molecule has 2 aromatic rings. The van der Waals surface area contributed by atoms with E-state index in [1.807, 2.05) is 6.92 Å². The summed E-state index contributed by atoms with van der Waals surface area (Å²) in [4.78, 5) is 13.7. The van der Waals surface area contributed by atoms with Gasteiger partial charge in [0.05, 0.1) is 31.3 Å². The first-order valence-electron chi connectivity index (χ1n) is 15.2. The summed E-state index contributed by atoms with van der Waals surface area (Å²) in [6, 6.07) is 2.05. The summed E-state index contributed by atoms with van der Waals surface area (Å²) >= 11 is 0. The lowest BCUT2D eigenvalue weighted by Crippen LogP contribution is -2.63. The van der Waals surface area contributed by atoms with Crippen molar-refractivity contribution >= 4 is 25.1 Å². The second-order valence-electron chi connectivity index (χ2n) is 14.5. The van der Waals surface area contributed by atoms with E-state index in [2.05, 4.69) is 54.2 Å². The van der Waals surface area contributed by atoms with Gasteiger partial charge in [0.2, 0.25) is 12.1 Å². The number of ether oxygens (including phenoxy) is 5. The molecular weight excluding hydrogens is 568 g/mol. The molecule has 0 amide bonds. The maximum Gasteiger partial charge on any atom is 0.471 e. The van der Waals surface area contributed by atoms with Crippen LogP contribution in [0.4, 0.5) is 0 Å². The molecule has 4 atom stereocenters. The molecule has 3 fully saturated rings. The van der Waals surface area contributed by atoms with Crippen LogP contribution in [0.3, 0.4) is 0 Å². The predicted molar refractivity (Wildman–Crippen MR) is 161 cm³/mol. The molecule has 10 heteroatoms. The van der Waals surface area contributed by atoms with Gasteiger partial charge in [-0.25, -0.2) is 0 Å². The van der Waals surface area contributed by atoms with Gasteiger partial charge in [0.25, 0.3) is 0 Å². The summed E-state index contributed by atoms with van der Waals surface area (Å²) in [7, 11) is -1.60. The van der Waals surface area contributed by atoms with E-state index in [0.29, 0.717) is 53.4 Å². The highest BCUT2D eigenvalue weighted by Crippen LogP contribution is 2.63. The van der Waals surface area contributed by atoms with Crippen LogP contribution in [-0.2, 0) is 25.4 Å². The number of fused-ring (bicyclic) bond motifs is 4. The van der Waals surface area contributed by atoms with Gasteiger partial charge in [-0.15, -0.1) is 0 Å². The normalized spacial score (nSPS) is 30.0. The van der Waals surface area contributed by atoms with E-state index in [1.54, 1.807) is 7.11 Å². The molecule has 0 spiro atoms. The lowest BCUT2D eigenvalue weighted by molar-refractivity contribution is -0.260. The molecule has 0 aromatic heterocycles. The van der Waals surface area contributed by atoms with Gasteiger partial charge in [0, 0.05) is 38.6 Å². The Labute approximate surface area is 253 Å². The van der Waals surface area contributed by atoms with Crippen molar-refractivity contribution in [1.82, 2.24) is 0 Å². The number of rotatable bonds is 3. The highest BCUT2D eigenvalue weighted by molar-refractivity contribution is 6.75. The van der Waals surface area contributed by atoms with Crippen LogP contribution in [0.15, 0.2) is 18.2 Å². The van der Waals surface area contributed by atoms with Crippen LogP contribution in [0.1, 0.15) is 87.5 Å². The van der Waals surface area contributed by atoms with Gasteiger partial charge in [-0.2, -0.15) is 0 Å². The zero-order valence-electron chi connectivity index (χ0n) is 26.3. The van der Waals surface area contributed by atoms with Gasteiger partial charge >= 0.3 is 8.56 Å². The first-order valence-corrected chi connectivity index (χ1v) is 17.1. The summed E-state index contributed by atoms with van der Waals surface area (Å²) in [6.07, 6.45) is -1.38. The minimum atomic E-state index is -3.25. The van der Waals surface area contributed by atoms with Crippen LogP contribution in [0, 0.1) is 6.92 Å². The van der Waals surface area contributed by atoms with E-state index in [0.717, 1.165) is 34.9 Å². The number of aryl methyl sites for hydroxylation is 1. The minimum Gasteiger partial charge on any atom is -0.510 e. The third-order valence-electron chi connectivity index (χ3n) is 9.83. The number of Topliss-reactive ketones (excluding diaryl/α,β-unsaturated/α-hetero) is 1. The molecule has 0 radical (unpaired) electrons. The molecule has 1 aliphatic carbocycles. The van der Waals surface area contributed by atoms with Crippen molar-refractivity contribution in [3.63, 3.8) is 0 Å². The number of aliphatic hydroxyl groups is 1. The van der Waals surface area contributed by atoms with Crippen molar-refractivity contribution in [2.75, 3.05) is 20.3 Å². The second-order valence-corrected chi connectivity index (χ2v) is 19.1. The van der Waals surface area contributed by atoms with Gasteiger partial charge < -0.3 is 37.6 Å². The highest BCUT2D eigenvalue weighted by atomic mass is 28.4. The lowest BCUT2D eigenvalue weighted by Gasteiger charge is -2.51. The van der Waals surface area contributed by atoms with Crippen molar-refractivity contribution in [3.8, 4) is 17.2 Å². The van der Waals surface area contributed by atoms with Gasteiger partial charge in [-0.05, 0) is 31.4 Å². The fourth-order valence-corrected chi connectivity index (χ4v) is 12.6. The first-order chi connectivity index (χ1) is 20.2. The van der Waals surface area contributed by atoms with E-state index in [1.165, 1.54) is 0 Å². The van der Waals surface area contributed by atoms with Gasteiger partial charge in [-0.3, -0.25) is 4.79 Å². The summed E-state index contributed by atoms with van der Waals surface area (Å²) in [5.41, 5.74) is 3.52. The van der Waals surface area contributed by atoms with Crippen LogP contribution in [0.2, 0.25) is 10.1 Å². The average molecular weight is 611 g/mol. The Bertz CT molecular complexity index is 1550. The number of methoxy groups -OCH3 is 1. The monoisotopic (exact) mass is 610 g/mol. The van der Waals surface area contributed by atoms with Crippen molar-refractivity contribution in [3.05, 3.63) is 40.5 Å². The van der Waals surface area contributed by atoms with Crippen molar-refractivity contribution < 1.29 is 42.4 Å². The second kappa shape index (κ2) is 9.28. The molecule has 1 N–H and O–H groups in total. The number of carbonyl (C=O) groups is 1. The molecule has 3 saturated heterocycles. The first kappa shape index (κ1) is 29.2. The Balaban J connectivity index is 1.54. The van der Waals surface area contributed by atoms with Crippen LogP contribution in [-0.4, -0.2) is 64.1 Å². The molecule has 5 aliphatic rings. The number of aliphatic hydroxyl groups excluding tert-OH is 1. The Hall–Kier alpha value is -2.47. The van der Waals surface area contributed by atoms with E-state index >= 15 is 0 Å². The number of hydrogen-bond acceptors (Lipinski definition) is 9. The van der Waals surface area contributed by atoms with Gasteiger partial charge in [0.15, 0.2) is 5.78 Å². The Kier molecular flexibility index (Phi) is 6.31. The Morgan fingerprint density at radius 3 is 2.30 bits per heavy atom. The molecule has 4 heterocycles. The minimum absolute atomic E-state index is 0.0536. The standard InChI is InChI=1S/C33H42O9Si/c1-16-15-19-23-26(21(16)28-29-24(35)17(2)33(39-28,40-29)30-37-13-14-38-30)41-43(31(3,4)5,32(6,7)8)42-27(23)22-18(25(19)36-9)11-10-12-20(22)34/h15,24,28-30,35H,2,10-14H2,1,3-9H3/t24-,28-,29+,33+/m0/s1. The van der Waals surface area contributed by atoms with Gasteiger partial charge in [-0.1, -0.05) is 48.1 Å². The molecule has 4 aliphatic heterocycles. The highest BCUT2D eigenvalue weighted by Gasteiger charge is 2.69. The quantitative estimate of drug-likeness (QED) is 0.334. The van der Waals surface area contributed by atoms with Crippen molar-refractivity contribution in [1.29, 1.82) is 0 Å². The van der Waals surface area contributed by atoms with E-state index in [9.17, 15) is 9.90 Å². The van der Waals surface area contributed by atoms with Crippen LogP contribution in [0.5, 0.6) is 17.2 Å². The molecule has 43 heavy (non-hydrogen) atoms. The van der Waals surface area contributed by atoms with Crippen molar-refractivity contribution in [2.24, 2.45) is 0 Å². The van der Waals surface area contributed by atoms with Crippen LogP contribution < -0.4 is 13.6 Å². The fraction of sp³-hybridized carbons (Fsp3) is 0.606. The fourth-order valence-electron chi connectivity index (χ4n) is 8.07. The SMILES string of the molecule is C=C1[C@H](O)[C@H]2O[C@]1(C1OCCO1)O[C@H]2c1c(C)cc2c(OC)c3c(c4c2c1O[Si](C(C)(C)C)(C(C)(C)C)O4)C(=O)CCC3. The number of carbonyl (C=O) groups excluding carboxylic acids is 1. The molecule has 232 valence electrons. The topological polar surface area (TPSA) is 102 Å². The molecule has 2 bridgehead atoms. The van der Waals surface area contributed by atoms with Crippen LogP contribution in [0.25, 0.3) is 10.8 Å². The third kappa shape index (κ3) is 3.71. The van der Waals surface area contributed by atoms with Gasteiger partial charge in [0.1, 0.15) is 35.6 Å². The summed E-state index contributed by atoms with van der Waals surface area (Å²) < 4.78 is 45.4. The van der Waals surface area contributed by atoms with E-state index < -0.39 is 49.0 Å². The zero-order chi connectivity index (χ0) is 30.9. The third-order valence-corrected chi connectivity index (χ3v) is 14.8. The maximum atomic E-state index is 13.7. The number of ketones is 1. The molecular formula is C33H42O9Si. The molecule has 0 saturated carbocycles. The lowest BCUT2D eigenvalue weighted by atomic mass is 9.83. The summed E-state index contributed by atoms with van der Waals surface area (Å²) in [5, 5.41) is 12.1. The predicted octanol–water partition coefficient (Wildman–Crippen LogP) is 5.95. The number of benzene rings is 2. The maximum absolute atomic E-state index is 13.7. The van der Waals surface area contributed by atoms with Crippen molar-refractivity contribution in [2.45, 2.75) is 108 Å². The Morgan fingerprint density at radius 1 is 1.02 bits per heavy atom. The molecule has 9 nitrogen and oxygen atoms in total. The summed E-state index contributed by atoms with van der Waals surface area (Å²) in [6.45, 7) is 19.8. The summed E-state index contributed by atoms with van der Waals surface area (Å²) in [5.74, 6) is 0.473. The largest absolute Gasteiger partial charge is 0.510 e. The zero-order valence-corrected chi connectivity index (χ0v) is 27.3. The van der Waals surface area contributed by atoms with E-state index in [-0.39, 0.29) is 5.78 Å². The smallest absolute Gasteiger partial charge is 0.471 e.